The molecule has 104 valence electrons. The van der Waals surface area contributed by atoms with E-state index in [4.69, 9.17) is 5.11 Å². The van der Waals surface area contributed by atoms with Gasteiger partial charge in [0.05, 0.1) is 0 Å². The summed E-state index contributed by atoms with van der Waals surface area (Å²) in [4.78, 5) is 12.8. The highest BCUT2D eigenvalue weighted by Crippen LogP contribution is 2.12. The molecule has 0 aliphatic heterocycles. The predicted molar refractivity (Wildman–Crippen MR) is 78.9 cm³/mol. The summed E-state index contributed by atoms with van der Waals surface area (Å²) in [6.07, 6.45) is 5.17. The van der Waals surface area contributed by atoms with Crippen molar-refractivity contribution in [3.63, 3.8) is 0 Å². The van der Waals surface area contributed by atoms with Crippen molar-refractivity contribution in [3.8, 4) is 0 Å². The summed E-state index contributed by atoms with van der Waals surface area (Å²) in [5.41, 5.74) is 2.13. The van der Waals surface area contributed by atoms with E-state index in [9.17, 15) is 4.79 Å². The molecule has 0 fully saturated rings. The lowest BCUT2D eigenvalue weighted by molar-refractivity contribution is -0.131. The van der Waals surface area contributed by atoms with Crippen LogP contribution in [0.1, 0.15) is 37.8 Å². The zero-order valence-electron chi connectivity index (χ0n) is 12.0. The van der Waals surface area contributed by atoms with Gasteiger partial charge in [0, 0.05) is 18.7 Å². The Morgan fingerprint density at radius 2 is 2.21 bits per heavy atom. The van der Waals surface area contributed by atoms with Gasteiger partial charge in [0.25, 0.3) is 0 Å². The number of hydrogen-bond donors (Lipinski definition) is 1. The van der Waals surface area contributed by atoms with Crippen molar-refractivity contribution in [2.45, 2.75) is 39.3 Å². The van der Waals surface area contributed by atoms with Crippen molar-refractivity contribution in [2.24, 2.45) is 0 Å². The first-order chi connectivity index (χ1) is 9.02. The summed E-state index contributed by atoms with van der Waals surface area (Å²) < 4.78 is 0. The minimum Gasteiger partial charge on any atom is -0.478 e. The van der Waals surface area contributed by atoms with Gasteiger partial charge in [0.1, 0.15) is 0 Å². The van der Waals surface area contributed by atoms with Crippen molar-refractivity contribution in [2.75, 3.05) is 7.05 Å². The first-order valence-electron chi connectivity index (χ1n) is 6.73. The van der Waals surface area contributed by atoms with Crippen LogP contribution in [0.3, 0.4) is 0 Å². The van der Waals surface area contributed by atoms with E-state index in [1.54, 1.807) is 6.08 Å². The summed E-state index contributed by atoms with van der Waals surface area (Å²) >= 11 is 0. The smallest absolute Gasteiger partial charge is 0.328 e. The molecule has 0 radical (unpaired) electrons. The second-order valence-electron chi connectivity index (χ2n) is 4.97. The molecule has 0 spiro atoms. The number of benzene rings is 1. The molecule has 3 nitrogen and oxygen atoms in total. The van der Waals surface area contributed by atoms with Gasteiger partial charge in [0.2, 0.25) is 0 Å². The van der Waals surface area contributed by atoms with Gasteiger partial charge in [-0.2, -0.15) is 0 Å². The van der Waals surface area contributed by atoms with E-state index in [0.29, 0.717) is 6.04 Å². The Balaban J connectivity index is 2.69. The van der Waals surface area contributed by atoms with Gasteiger partial charge in [-0.1, -0.05) is 37.6 Å². The van der Waals surface area contributed by atoms with Crippen LogP contribution in [-0.4, -0.2) is 29.1 Å². The number of nitrogens with zero attached hydrogens (tertiary/aromatic N) is 1. The topological polar surface area (TPSA) is 40.5 Å². The van der Waals surface area contributed by atoms with Crippen LogP contribution in [0.4, 0.5) is 0 Å². The zero-order valence-corrected chi connectivity index (χ0v) is 12.0. The number of carboxylic acids is 1. The third kappa shape index (κ3) is 5.71. The van der Waals surface area contributed by atoms with Crippen LogP contribution in [-0.2, 0) is 11.3 Å². The Bertz CT molecular complexity index is 440. The summed E-state index contributed by atoms with van der Waals surface area (Å²) in [7, 11) is 2.13. The van der Waals surface area contributed by atoms with E-state index in [0.717, 1.165) is 12.1 Å². The summed E-state index contributed by atoms with van der Waals surface area (Å²) in [6, 6.07) is 8.55. The maximum Gasteiger partial charge on any atom is 0.328 e. The van der Waals surface area contributed by atoms with Gasteiger partial charge in [-0.05, 0) is 37.6 Å². The van der Waals surface area contributed by atoms with E-state index < -0.39 is 5.97 Å². The van der Waals surface area contributed by atoms with Gasteiger partial charge >= 0.3 is 5.97 Å². The van der Waals surface area contributed by atoms with E-state index in [1.807, 2.05) is 18.2 Å². The number of hydrogen-bond acceptors (Lipinski definition) is 2. The van der Waals surface area contributed by atoms with Crippen LogP contribution in [0.15, 0.2) is 30.3 Å². The van der Waals surface area contributed by atoms with E-state index in [-0.39, 0.29) is 0 Å². The zero-order chi connectivity index (χ0) is 14.3. The number of aliphatic carboxylic acids is 1. The molecule has 0 amide bonds. The molecule has 0 saturated heterocycles. The molecule has 0 aliphatic carbocycles. The normalized spacial score (nSPS) is 13.1. The molecular weight excluding hydrogens is 238 g/mol. The van der Waals surface area contributed by atoms with Crippen molar-refractivity contribution in [1.29, 1.82) is 0 Å². The molecule has 1 rings (SSSR count). The third-order valence-electron chi connectivity index (χ3n) is 3.26. The number of carbonyl (C=O) groups is 1. The second-order valence-corrected chi connectivity index (χ2v) is 4.97. The molecule has 1 aromatic rings. The van der Waals surface area contributed by atoms with Crippen LogP contribution < -0.4 is 0 Å². The Kier molecular flexibility index (Phi) is 6.30. The van der Waals surface area contributed by atoms with Crippen molar-refractivity contribution >= 4 is 12.0 Å². The second kappa shape index (κ2) is 7.74. The maximum absolute atomic E-state index is 10.5. The lowest BCUT2D eigenvalue weighted by atomic mass is 10.1. The molecule has 3 heteroatoms. The quantitative estimate of drug-likeness (QED) is 0.765. The summed E-state index contributed by atoms with van der Waals surface area (Å²) in [5, 5.41) is 8.63. The van der Waals surface area contributed by atoms with Crippen LogP contribution in [0, 0.1) is 0 Å². The average molecular weight is 261 g/mol. The first kappa shape index (κ1) is 15.4. The molecule has 0 heterocycles. The van der Waals surface area contributed by atoms with Gasteiger partial charge < -0.3 is 5.11 Å². The molecular formula is C16H23NO2. The van der Waals surface area contributed by atoms with Gasteiger partial charge in [0.15, 0.2) is 0 Å². The predicted octanol–water partition coefficient (Wildman–Crippen LogP) is 3.40. The van der Waals surface area contributed by atoms with Crippen LogP contribution in [0.2, 0.25) is 0 Å². The van der Waals surface area contributed by atoms with Gasteiger partial charge in [-0.3, -0.25) is 4.90 Å². The molecule has 0 aliphatic rings. The minimum absolute atomic E-state index is 0.559. The molecule has 1 atom stereocenters. The van der Waals surface area contributed by atoms with Gasteiger partial charge in [-0.25, -0.2) is 4.79 Å². The molecule has 1 aromatic carbocycles. The molecule has 0 saturated carbocycles. The summed E-state index contributed by atoms with van der Waals surface area (Å²) in [6.45, 7) is 5.31. The van der Waals surface area contributed by atoms with Crippen molar-refractivity contribution in [1.82, 2.24) is 4.90 Å². The highest BCUT2D eigenvalue weighted by atomic mass is 16.4. The Morgan fingerprint density at radius 1 is 1.47 bits per heavy atom. The third-order valence-corrected chi connectivity index (χ3v) is 3.26. The van der Waals surface area contributed by atoms with Gasteiger partial charge in [-0.15, -0.1) is 0 Å². The van der Waals surface area contributed by atoms with Crippen LogP contribution >= 0.6 is 0 Å². The van der Waals surface area contributed by atoms with E-state index >= 15 is 0 Å². The Morgan fingerprint density at radius 3 is 2.84 bits per heavy atom. The Labute approximate surface area is 115 Å². The summed E-state index contributed by atoms with van der Waals surface area (Å²) in [5.74, 6) is -0.918. The first-order valence-corrected chi connectivity index (χ1v) is 6.73. The largest absolute Gasteiger partial charge is 0.478 e. The fraction of sp³-hybridized carbons (Fsp3) is 0.438. The lowest BCUT2D eigenvalue weighted by Gasteiger charge is -2.24. The fourth-order valence-electron chi connectivity index (χ4n) is 2.04. The average Bonchev–Trinajstić information content (AvgIpc) is 2.37. The number of carboxylic acid groups (broad SMARTS) is 1. The van der Waals surface area contributed by atoms with Crippen LogP contribution in [0.25, 0.3) is 6.08 Å². The molecule has 19 heavy (non-hydrogen) atoms. The Hall–Kier alpha value is -1.61. The van der Waals surface area contributed by atoms with Crippen molar-refractivity contribution < 1.29 is 9.90 Å². The highest BCUT2D eigenvalue weighted by molar-refractivity contribution is 5.85. The molecule has 0 aromatic heterocycles. The monoisotopic (exact) mass is 261 g/mol. The molecule has 1 unspecified atom stereocenters. The number of rotatable bonds is 7. The molecule has 0 bridgehead atoms. The molecule has 1 N–H and O–H groups in total. The fourth-order valence-corrected chi connectivity index (χ4v) is 2.04. The van der Waals surface area contributed by atoms with Crippen molar-refractivity contribution in [3.05, 3.63) is 41.5 Å². The SMILES string of the molecule is CCCC(C)N(C)Cc1cccc(/C=C/C(=O)O)c1. The highest BCUT2D eigenvalue weighted by Gasteiger charge is 2.08. The standard InChI is InChI=1S/C16H23NO2/c1-4-6-13(2)17(3)12-15-8-5-7-14(11-15)9-10-16(18)19/h5,7-11,13H,4,6,12H2,1-3H3,(H,18,19)/b10-9+. The van der Waals surface area contributed by atoms with E-state index in [2.05, 4.69) is 31.9 Å². The minimum atomic E-state index is -0.918. The van der Waals surface area contributed by atoms with E-state index in [1.165, 1.54) is 24.5 Å². The lowest BCUT2D eigenvalue weighted by Crippen LogP contribution is -2.28. The maximum atomic E-state index is 10.5. The van der Waals surface area contributed by atoms with Crippen LogP contribution in [0.5, 0.6) is 0 Å².